The molecule has 0 radical (unpaired) electrons. The molecule has 21 heavy (non-hydrogen) atoms. The molecule has 0 saturated heterocycles. The highest BCUT2D eigenvalue weighted by Crippen LogP contribution is 2.23. The third-order valence-corrected chi connectivity index (χ3v) is 2.75. The lowest BCUT2D eigenvalue weighted by Crippen LogP contribution is -2.17. The van der Waals surface area contributed by atoms with Crippen LogP contribution in [0.2, 0.25) is 0 Å². The van der Waals surface area contributed by atoms with Crippen molar-refractivity contribution >= 4 is 17.7 Å². The van der Waals surface area contributed by atoms with E-state index in [9.17, 15) is 14.0 Å². The number of benzene rings is 1. The molecule has 0 heterocycles. The Kier molecular flexibility index (Phi) is 6.39. The zero-order valence-corrected chi connectivity index (χ0v) is 11.8. The van der Waals surface area contributed by atoms with E-state index in [-0.39, 0.29) is 12.3 Å². The molecule has 5 nitrogen and oxygen atoms in total. The molecule has 0 unspecified atom stereocenters. The number of hydrogen-bond acceptors (Lipinski definition) is 3. The molecule has 0 saturated carbocycles. The van der Waals surface area contributed by atoms with Gasteiger partial charge in [-0.15, -0.1) is 0 Å². The maximum Gasteiger partial charge on any atom is 0.411 e. The second-order valence-corrected chi connectivity index (χ2v) is 4.42. The number of amides is 1. The molecule has 0 aliphatic rings. The van der Waals surface area contributed by atoms with Gasteiger partial charge in [0.25, 0.3) is 0 Å². The van der Waals surface area contributed by atoms with Gasteiger partial charge in [-0.05, 0) is 30.5 Å². The van der Waals surface area contributed by atoms with Crippen LogP contribution in [0.15, 0.2) is 24.8 Å². The summed E-state index contributed by atoms with van der Waals surface area (Å²) in [7, 11) is 0. The zero-order valence-electron chi connectivity index (χ0n) is 11.8. The average molecular weight is 295 g/mol. The van der Waals surface area contributed by atoms with Crippen molar-refractivity contribution in [3.8, 4) is 0 Å². The van der Waals surface area contributed by atoms with Crippen LogP contribution in [0.1, 0.15) is 35.7 Å². The zero-order chi connectivity index (χ0) is 15.8. The highest BCUT2D eigenvalue weighted by Gasteiger charge is 2.19. The monoisotopic (exact) mass is 295 g/mol. The van der Waals surface area contributed by atoms with Gasteiger partial charge in [0.05, 0.1) is 5.69 Å². The van der Waals surface area contributed by atoms with Crippen molar-refractivity contribution in [2.45, 2.75) is 26.2 Å². The minimum atomic E-state index is -1.45. The molecular formula is C15H18FNO4. The Balaban J connectivity index is 3.06. The normalized spacial score (nSPS) is 10.0. The molecule has 2 N–H and O–H groups in total. The standard InChI is InChI=1S/C15H18FNO4/c1-3-5-6-10-8-11(16)13(14(18)19)12(9-10)17-15(20)21-7-4-2/h4,8-9H,2-3,5-7H2,1H3,(H,17,20)(H,18,19). The van der Waals surface area contributed by atoms with Gasteiger partial charge in [0.1, 0.15) is 18.0 Å². The number of carboxylic acid groups (broad SMARTS) is 1. The van der Waals surface area contributed by atoms with Crippen LogP contribution in [0.5, 0.6) is 0 Å². The van der Waals surface area contributed by atoms with E-state index in [1.807, 2.05) is 6.92 Å². The summed E-state index contributed by atoms with van der Waals surface area (Å²) in [5.74, 6) is -2.33. The fraction of sp³-hybridized carbons (Fsp3) is 0.333. The summed E-state index contributed by atoms with van der Waals surface area (Å²) >= 11 is 0. The van der Waals surface area contributed by atoms with Gasteiger partial charge in [-0.25, -0.2) is 14.0 Å². The molecule has 6 heteroatoms. The molecule has 1 aromatic rings. The Morgan fingerprint density at radius 1 is 1.48 bits per heavy atom. The maximum atomic E-state index is 13.9. The number of ether oxygens (including phenoxy) is 1. The number of aromatic carboxylic acids is 1. The van der Waals surface area contributed by atoms with Crippen LogP contribution in [0, 0.1) is 5.82 Å². The number of anilines is 1. The van der Waals surface area contributed by atoms with Crippen molar-refractivity contribution in [1.82, 2.24) is 0 Å². The molecule has 0 aliphatic carbocycles. The van der Waals surface area contributed by atoms with E-state index in [4.69, 9.17) is 9.84 Å². The number of carbonyl (C=O) groups excluding carboxylic acids is 1. The number of carbonyl (C=O) groups is 2. The van der Waals surface area contributed by atoms with Gasteiger partial charge in [-0.1, -0.05) is 26.0 Å². The molecular weight excluding hydrogens is 277 g/mol. The first-order valence-electron chi connectivity index (χ1n) is 6.60. The van der Waals surface area contributed by atoms with Crippen LogP contribution in [-0.4, -0.2) is 23.8 Å². The van der Waals surface area contributed by atoms with Crippen molar-refractivity contribution in [2.75, 3.05) is 11.9 Å². The van der Waals surface area contributed by atoms with Crippen molar-refractivity contribution in [2.24, 2.45) is 0 Å². The number of halogens is 1. The van der Waals surface area contributed by atoms with Gasteiger partial charge in [-0.2, -0.15) is 0 Å². The van der Waals surface area contributed by atoms with Crippen LogP contribution in [-0.2, 0) is 11.2 Å². The van der Waals surface area contributed by atoms with Crippen LogP contribution in [0.3, 0.4) is 0 Å². The topological polar surface area (TPSA) is 75.6 Å². The fourth-order valence-electron chi connectivity index (χ4n) is 1.78. The lowest BCUT2D eigenvalue weighted by molar-refractivity contribution is 0.0693. The van der Waals surface area contributed by atoms with E-state index in [1.54, 1.807) is 0 Å². The SMILES string of the molecule is C=CCOC(=O)Nc1cc(CCCC)cc(F)c1C(=O)O. The Hall–Kier alpha value is -2.37. The van der Waals surface area contributed by atoms with Gasteiger partial charge in [0, 0.05) is 0 Å². The third kappa shape index (κ3) is 4.91. The third-order valence-electron chi connectivity index (χ3n) is 2.75. The molecule has 0 fully saturated rings. The summed E-state index contributed by atoms with van der Waals surface area (Å²) in [6.07, 6.45) is 2.88. The van der Waals surface area contributed by atoms with E-state index in [0.29, 0.717) is 12.0 Å². The van der Waals surface area contributed by atoms with Crippen molar-refractivity contribution in [1.29, 1.82) is 0 Å². The van der Waals surface area contributed by atoms with E-state index in [0.717, 1.165) is 12.8 Å². The number of rotatable bonds is 7. The summed E-state index contributed by atoms with van der Waals surface area (Å²) in [6, 6.07) is 2.64. The van der Waals surface area contributed by atoms with E-state index >= 15 is 0 Å². The minimum Gasteiger partial charge on any atom is -0.478 e. The molecule has 0 aromatic heterocycles. The van der Waals surface area contributed by atoms with Gasteiger partial charge >= 0.3 is 12.1 Å². The summed E-state index contributed by atoms with van der Waals surface area (Å²) in [4.78, 5) is 22.6. The predicted molar refractivity (Wildman–Crippen MR) is 77.1 cm³/mol. The Bertz CT molecular complexity index is 543. The predicted octanol–water partition coefficient (Wildman–Crippen LogP) is 3.60. The largest absolute Gasteiger partial charge is 0.478 e. The molecule has 114 valence electrons. The first kappa shape index (κ1) is 16.7. The highest BCUT2D eigenvalue weighted by atomic mass is 19.1. The molecule has 1 rings (SSSR count). The second kappa shape index (κ2) is 8.04. The van der Waals surface area contributed by atoms with E-state index in [1.165, 1.54) is 18.2 Å². The quantitative estimate of drug-likeness (QED) is 0.754. The first-order chi connectivity index (χ1) is 9.99. The Morgan fingerprint density at radius 2 is 2.19 bits per heavy atom. The summed E-state index contributed by atoms with van der Waals surface area (Å²) in [5.41, 5.74) is -0.0631. The van der Waals surface area contributed by atoms with Crippen LogP contribution in [0.25, 0.3) is 0 Å². The molecule has 1 aromatic carbocycles. The Labute approximate surface area is 122 Å². The summed E-state index contributed by atoms with van der Waals surface area (Å²) < 4.78 is 18.6. The number of unbranched alkanes of at least 4 members (excludes halogenated alkanes) is 1. The average Bonchev–Trinajstić information content (AvgIpc) is 2.42. The van der Waals surface area contributed by atoms with Gasteiger partial charge in [0.15, 0.2) is 0 Å². The first-order valence-corrected chi connectivity index (χ1v) is 6.60. The fourth-order valence-corrected chi connectivity index (χ4v) is 1.78. The number of hydrogen-bond donors (Lipinski definition) is 2. The van der Waals surface area contributed by atoms with E-state index < -0.39 is 23.4 Å². The van der Waals surface area contributed by atoms with Crippen molar-refractivity contribution in [3.63, 3.8) is 0 Å². The smallest absolute Gasteiger partial charge is 0.411 e. The number of nitrogens with one attached hydrogen (secondary N) is 1. The molecule has 0 spiro atoms. The Morgan fingerprint density at radius 3 is 2.76 bits per heavy atom. The lowest BCUT2D eigenvalue weighted by Gasteiger charge is -2.11. The summed E-state index contributed by atoms with van der Waals surface area (Å²) in [5, 5.41) is 11.3. The van der Waals surface area contributed by atoms with Crippen LogP contribution < -0.4 is 5.32 Å². The van der Waals surface area contributed by atoms with Gasteiger partial charge in [-0.3, -0.25) is 5.32 Å². The van der Waals surface area contributed by atoms with Crippen LogP contribution in [0.4, 0.5) is 14.9 Å². The molecule has 0 aliphatic heterocycles. The highest BCUT2D eigenvalue weighted by molar-refractivity contribution is 5.99. The molecule has 1 amide bonds. The number of aryl methyl sites for hydroxylation is 1. The van der Waals surface area contributed by atoms with Gasteiger partial charge in [0.2, 0.25) is 0 Å². The lowest BCUT2D eigenvalue weighted by atomic mass is 10.0. The molecule has 0 bridgehead atoms. The molecule has 0 atom stereocenters. The van der Waals surface area contributed by atoms with Crippen LogP contribution >= 0.6 is 0 Å². The van der Waals surface area contributed by atoms with Gasteiger partial charge < -0.3 is 9.84 Å². The second-order valence-electron chi connectivity index (χ2n) is 4.42. The maximum absolute atomic E-state index is 13.9. The number of carboxylic acids is 1. The van der Waals surface area contributed by atoms with E-state index in [2.05, 4.69) is 11.9 Å². The minimum absolute atomic E-state index is 0.0216. The summed E-state index contributed by atoms with van der Waals surface area (Å²) in [6.45, 7) is 5.36. The van der Waals surface area contributed by atoms with Crippen molar-refractivity contribution < 1.29 is 23.8 Å². The van der Waals surface area contributed by atoms with Crippen molar-refractivity contribution in [3.05, 3.63) is 41.7 Å².